The van der Waals surface area contributed by atoms with Crippen LogP contribution in [0.1, 0.15) is 22.8 Å². The molecule has 2 N–H and O–H groups in total. The van der Waals surface area contributed by atoms with Crippen LogP contribution in [-0.2, 0) is 6.67 Å². The lowest BCUT2D eigenvalue weighted by molar-refractivity contribution is 0.0968. The fourth-order valence-corrected chi connectivity index (χ4v) is 1.07. The zero-order valence-corrected chi connectivity index (χ0v) is 7.46. The lowest BCUT2D eigenvalue weighted by Gasteiger charge is -2.04. The lowest BCUT2D eigenvalue weighted by atomic mass is 10.0. The zero-order valence-electron chi connectivity index (χ0n) is 7.46. The first-order valence-corrected chi connectivity index (χ1v) is 4.10. The lowest BCUT2D eigenvalue weighted by Crippen LogP contribution is -2.26. The second-order valence-corrected chi connectivity index (χ2v) is 2.99. The molecule has 13 heavy (non-hydrogen) atoms. The van der Waals surface area contributed by atoms with Crippen LogP contribution >= 0.6 is 0 Å². The molecule has 0 saturated heterocycles. The maximum absolute atomic E-state index is 12.2. The van der Waals surface area contributed by atoms with Gasteiger partial charge in [0.25, 0.3) is 0 Å². The highest BCUT2D eigenvalue weighted by atomic mass is 19.1. The van der Waals surface area contributed by atoms with Gasteiger partial charge in [0.15, 0.2) is 5.78 Å². The molecule has 3 heteroatoms. The van der Waals surface area contributed by atoms with E-state index < -0.39 is 12.7 Å². The van der Waals surface area contributed by atoms with E-state index in [9.17, 15) is 9.18 Å². The number of benzene rings is 1. The van der Waals surface area contributed by atoms with E-state index in [1.165, 1.54) is 6.07 Å². The summed E-state index contributed by atoms with van der Waals surface area (Å²) in [6.45, 7) is 1.06. The topological polar surface area (TPSA) is 43.1 Å². The molecule has 0 aromatic heterocycles. The van der Waals surface area contributed by atoms with Gasteiger partial charge in [-0.25, -0.2) is 4.39 Å². The molecule has 1 rings (SSSR count). The minimum absolute atomic E-state index is 0.157. The molecule has 0 aliphatic heterocycles. The van der Waals surface area contributed by atoms with Gasteiger partial charge in [-0.3, -0.25) is 4.79 Å². The third-order valence-electron chi connectivity index (χ3n) is 1.78. The van der Waals surface area contributed by atoms with Gasteiger partial charge in [0.05, 0.1) is 6.04 Å². The summed E-state index contributed by atoms with van der Waals surface area (Å²) in [5.41, 5.74) is 6.40. The summed E-state index contributed by atoms with van der Waals surface area (Å²) in [6, 6.07) is 5.94. The molecular weight excluding hydrogens is 169 g/mol. The largest absolute Gasteiger partial charge is 0.321 e. The molecule has 0 aliphatic carbocycles. The molecule has 1 aromatic rings. The average Bonchev–Trinajstić information content (AvgIpc) is 2.16. The summed E-state index contributed by atoms with van der Waals surface area (Å²) >= 11 is 0. The Balaban J connectivity index is 2.95. The van der Waals surface area contributed by atoms with Crippen LogP contribution in [0.2, 0.25) is 0 Å². The summed E-state index contributed by atoms with van der Waals surface area (Å²) in [5, 5.41) is 0. The second-order valence-electron chi connectivity index (χ2n) is 2.99. The predicted molar refractivity (Wildman–Crippen MR) is 49.2 cm³/mol. The van der Waals surface area contributed by atoms with Crippen molar-refractivity contribution in [1.29, 1.82) is 0 Å². The number of hydrogen-bond acceptors (Lipinski definition) is 2. The van der Waals surface area contributed by atoms with Crippen molar-refractivity contribution >= 4 is 5.78 Å². The first-order chi connectivity index (χ1) is 6.15. The van der Waals surface area contributed by atoms with E-state index in [0.717, 1.165) is 0 Å². The van der Waals surface area contributed by atoms with Gasteiger partial charge < -0.3 is 5.73 Å². The Kier molecular flexibility index (Phi) is 3.14. The van der Waals surface area contributed by atoms with E-state index in [0.29, 0.717) is 11.1 Å². The Labute approximate surface area is 76.6 Å². The molecule has 0 heterocycles. The Morgan fingerprint density at radius 1 is 1.62 bits per heavy atom. The minimum atomic E-state index is -0.555. The molecule has 0 amide bonds. The van der Waals surface area contributed by atoms with Crippen LogP contribution in [0.5, 0.6) is 0 Å². The summed E-state index contributed by atoms with van der Waals surface area (Å²) < 4.78 is 12.2. The van der Waals surface area contributed by atoms with Crippen LogP contribution in [0.4, 0.5) is 4.39 Å². The SMILES string of the molecule is C[C@H](N)C(=O)c1cccc(CF)c1. The number of Topliss-reactive ketones (excluding diaryl/α,β-unsaturated/α-hetero) is 1. The van der Waals surface area contributed by atoms with Gasteiger partial charge in [0.1, 0.15) is 6.67 Å². The van der Waals surface area contributed by atoms with E-state index in [1.807, 2.05) is 0 Å². The van der Waals surface area contributed by atoms with Crippen LogP contribution in [0, 0.1) is 0 Å². The van der Waals surface area contributed by atoms with Crippen LogP contribution in [0.15, 0.2) is 24.3 Å². The highest BCUT2D eigenvalue weighted by Crippen LogP contribution is 2.08. The van der Waals surface area contributed by atoms with Gasteiger partial charge in [0, 0.05) is 5.56 Å². The maximum Gasteiger partial charge on any atom is 0.179 e. The molecule has 0 bridgehead atoms. The Hall–Kier alpha value is -1.22. The van der Waals surface area contributed by atoms with E-state index in [-0.39, 0.29) is 5.78 Å². The molecular formula is C10H12FNO. The Morgan fingerprint density at radius 2 is 2.31 bits per heavy atom. The smallest absolute Gasteiger partial charge is 0.179 e. The highest BCUT2D eigenvalue weighted by Gasteiger charge is 2.10. The number of alkyl halides is 1. The molecule has 0 saturated carbocycles. The number of ketones is 1. The van der Waals surface area contributed by atoms with Crippen LogP contribution in [0.25, 0.3) is 0 Å². The molecule has 2 nitrogen and oxygen atoms in total. The summed E-state index contributed by atoms with van der Waals surface area (Å²) in [6.07, 6.45) is 0. The van der Waals surface area contributed by atoms with Gasteiger partial charge >= 0.3 is 0 Å². The number of carbonyl (C=O) groups excluding carboxylic acids is 1. The molecule has 0 radical (unpaired) electrons. The molecule has 1 atom stereocenters. The van der Waals surface area contributed by atoms with Gasteiger partial charge in [-0.15, -0.1) is 0 Å². The van der Waals surface area contributed by atoms with Crippen molar-refractivity contribution in [2.45, 2.75) is 19.6 Å². The van der Waals surface area contributed by atoms with Crippen molar-refractivity contribution in [3.63, 3.8) is 0 Å². The van der Waals surface area contributed by atoms with Gasteiger partial charge in [0.2, 0.25) is 0 Å². The maximum atomic E-state index is 12.2. The number of nitrogens with two attached hydrogens (primary N) is 1. The van der Waals surface area contributed by atoms with Crippen LogP contribution in [0.3, 0.4) is 0 Å². The predicted octanol–water partition coefficient (Wildman–Crippen LogP) is 1.69. The minimum Gasteiger partial charge on any atom is -0.321 e. The Morgan fingerprint density at radius 3 is 2.85 bits per heavy atom. The fourth-order valence-electron chi connectivity index (χ4n) is 1.07. The van der Waals surface area contributed by atoms with Gasteiger partial charge in [-0.1, -0.05) is 18.2 Å². The number of carbonyl (C=O) groups is 1. The van der Waals surface area contributed by atoms with Crippen molar-refractivity contribution in [2.24, 2.45) is 5.73 Å². The van der Waals surface area contributed by atoms with Gasteiger partial charge in [-0.2, -0.15) is 0 Å². The molecule has 0 fully saturated rings. The quantitative estimate of drug-likeness (QED) is 0.721. The number of hydrogen-bond donors (Lipinski definition) is 1. The third-order valence-corrected chi connectivity index (χ3v) is 1.78. The summed E-state index contributed by atoms with van der Waals surface area (Å²) in [5.74, 6) is -0.157. The highest BCUT2D eigenvalue weighted by molar-refractivity contribution is 5.99. The third kappa shape index (κ3) is 2.36. The van der Waals surface area contributed by atoms with E-state index in [4.69, 9.17) is 5.73 Å². The standard InChI is InChI=1S/C10H12FNO/c1-7(12)10(13)9-4-2-3-8(5-9)6-11/h2-5,7H,6,12H2,1H3/t7-/m0/s1. The van der Waals surface area contributed by atoms with E-state index in [2.05, 4.69) is 0 Å². The summed E-state index contributed by atoms with van der Waals surface area (Å²) in [4.78, 5) is 11.4. The average molecular weight is 181 g/mol. The van der Waals surface area contributed by atoms with Crippen LogP contribution < -0.4 is 5.73 Å². The Bertz CT molecular complexity index is 310. The molecule has 0 aliphatic rings. The van der Waals surface area contributed by atoms with Gasteiger partial charge in [-0.05, 0) is 18.6 Å². The van der Waals surface area contributed by atoms with E-state index >= 15 is 0 Å². The summed E-state index contributed by atoms with van der Waals surface area (Å²) in [7, 11) is 0. The normalized spacial score (nSPS) is 12.5. The second kappa shape index (κ2) is 4.14. The number of halogens is 1. The first kappa shape index (κ1) is 9.86. The van der Waals surface area contributed by atoms with Crippen molar-refractivity contribution in [1.82, 2.24) is 0 Å². The molecule has 0 unspecified atom stereocenters. The monoisotopic (exact) mass is 181 g/mol. The van der Waals surface area contributed by atoms with Crippen molar-refractivity contribution in [2.75, 3.05) is 0 Å². The van der Waals surface area contributed by atoms with Crippen molar-refractivity contribution in [3.05, 3.63) is 35.4 Å². The fraction of sp³-hybridized carbons (Fsp3) is 0.300. The van der Waals surface area contributed by atoms with Crippen LogP contribution in [-0.4, -0.2) is 11.8 Å². The molecule has 0 spiro atoms. The molecule has 70 valence electrons. The molecule has 1 aromatic carbocycles. The zero-order chi connectivity index (χ0) is 9.84. The van der Waals surface area contributed by atoms with E-state index in [1.54, 1.807) is 25.1 Å². The van der Waals surface area contributed by atoms with Crippen molar-refractivity contribution < 1.29 is 9.18 Å². The van der Waals surface area contributed by atoms with Crippen molar-refractivity contribution in [3.8, 4) is 0 Å². The number of rotatable bonds is 3. The first-order valence-electron chi connectivity index (χ1n) is 4.10.